The topological polar surface area (TPSA) is 82.6 Å². The Bertz CT molecular complexity index is 1080. The maximum atomic E-state index is 13.3. The number of piperidine rings is 1. The Morgan fingerprint density at radius 2 is 1.88 bits per heavy atom. The zero-order valence-electron chi connectivity index (χ0n) is 19.0. The summed E-state index contributed by atoms with van der Waals surface area (Å²) in [5.74, 6) is -0.213. The molecule has 3 amide bonds. The smallest absolute Gasteiger partial charge is 0.230 e. The zero-order chi connectivity index (χ0) is 22.9. The van der Waals surface area contributed by atoms with Crippen molar-refractivity contribution in [1.29, 1.82) is 0 Å². The molecule has 172 valence electrons. The molecular weight excluding hydrogens is 416 g/mol. The SMILES string of the molecule is Cc1ccc(NC(=O)C2CCCN(C(=O)C3CC(=O)N(c4ccc5c(c4)CCC5)C3)C2)nc1. The minimum atomic E-state index is -0.355. The van der Waals surface area contributed by atoms with Crippen molar-refractivity contribution in [3.05, 3.63) is 53.2 Å². The van der Waals surface area contributed by atoms with Gasteiger partial charge in [-0.1, -0.05) is 12.1 Å². The lowest BCUT2D eigenvalue weighted by molar-refractivity contribution is -0.138. The first-order valence-corrected chi connectivity index (χ1v) is 11.9. The molecule has 2 unspecified atom stereocenters. The Labute approximate surface area is 194 Å². The molecule has 3 aliphatic rings. The number of carbonyl (C=O) groups is 3. The van der Waals surface area contributed by atoms with Crippen LogP contribution in [0.3, 0.4) is 0 Å². The van der Waals surface area contributed by atoms with E-state index >= 15 is 0 Å². The monoisotopic (exact) mass is 446 g/mol. The van der Waals surface area contributed by atoms with Crippen LogP contribution in [0.25, 0.3) is 0 Å². The Hall–Kier alpha value is -3.22. The van der Waals surface area contributed by atoms with Crippen LogP contribution in [-0.4, -0.2) is 47.2 Å². The molecule has 2 atom stereocenters. The lowest BCUT2D eigenvalue weighted by Crippen LogP contribution is -2.46. The van der Waals surface area contributed by atoms with Crippen molar-refractivity contribution < 1.29 is 14.4 Å². The Morgan fingerprint density at radius 3 is 2.70 bits per heavy atom. The predicted molar refractivity (Wildman–Crippen MR) is 126 cm³/mol. The number of aromatic nitrogens is 1. The van der Waals surface area contributed by atoms with Crippen molar-refractivity contribution in [2.45, 2.75) is 45.4 Å². The van der Waals surface area contributed by atoms with Crippen LogP contribution in [0, 0.1) is 18.8 Å². The van der Waals surface area contributed by atoms with Gasteiger partial charge >= 0.3 is 0 Å². The fourth-order valence-corrected chi connectivity index (χ4v) is 5.27. The molecular formula is C26H30N4O3. The second-order valence-electron chi connectivity index (χ2n) is 9.55. The van der Waals surface area contributed by atoms with Crippen LogP contribution in [0.5, 0.6) is 0 Å². The first-order chi connectivity index (χ1) is 16.0. The van der Waals surface area contributed by atoms with Gasteiger partial charge < -0.3 is 15.1 Å². The van der Waals surface area contributed by atoms with Crippen LogP contribution < -0.4 is 10.2 Å². The molecule has 2 aromatic rings. The summed E-state index contributed by atoms with van der Waals surface area (Å²) in [4.78, 5) is 46.6. The highest BCUT2D eigenvalue weighted by atomic mass is 16.2. The number of hydrogen-bond acceptors (Lipinski definition) is 4. The number of anilines is 2. The molecule has 1 aliphatic carbocycles. The largest absolute Gasteiger partial charge is 0.342 e. The average Bonchev–Trinajstić information content (AvgIpc) is 3.46. The molecule has 1 aromatic heterocycles. The summed E-state index contributed by atoms with van der Waals surface area (Å²) >= 11 is 0. The van der Waals surface area contributed by atoms with Crippen LogP contribution in [0.2, 0.25) is 0 Å². The maximum Gasteiger partial charge on any atom is 0.230 e. The number of nitrogens with one attached hydrogen (secondary N) is 1. The number of hydrogen-bond donors (Lipinski definition) is 1. The van der Waals surface area contributed by atoms with Crippen LogP contribution in [0.15, 0.2) is 36.5 Å². The molecule has 0 spiro atoms. The number of amides is 3. The third-order valence-electron chi connectivity index (χ3n) is 7.13. The minimum Gasteiger partial charge on any atom is -0.342 e. The number of benzene rings is 1. The quantitative estimate of drug-likeness (QED) is 0.782. The van der Waals surface area contributed by atoms with E-state index in [2.05, 4.69) is 22.4 Å². The van der Waals surface area contributed by atoms with E-state index in [9.17, 15) is 14.4 Å². The van der Waals surface area contributed by atoms with Crippen LogP contribution in [0.4, 0.5) is 11.5 Å². The predicted octanol–water partition coefficient (Wildman–Crippen LogP) is 3.11. The van der Waals surface area contributed by atoms with Gasteiger partial charge in [-0.25, -0.2) is 4.98 Å². The number of likely N-dealkylation sites (tertiary alicyclic amines) is 1. The van der Waals surface area contributed by atoms with Crippen molar-refractivity contribution in [2.75, 3.05) is 29.9 Å². The first kappa shape index (κ1) is 21.6. The Kier molecular flexibility index (Phi) is 5.87. The van der Waals surface area contributed by atoms with E-state index in [1.807, 2.05) is 19.1 Å². The molecule has 2 aliphatic heterocycles. The highest BCUT2D eigenvalue weighted by molar-refractivity contribution is 6.00. The molecule has 2 fully saturated rings. The number of carbonyl (C=O) groups excluding carboxylic acids is 3. The van der Waals surface area contributed by atoms with E-state index in [1.165, 1.54) is 11.1 Å². The van der Waals surface area contributed by atoms with Gasteiger partial charge in [-0.05, 0) is 73.9 Å². The van der Waals surface area contributed by atoms with Crippen LogP contribution >= 0.6 is 0 Å². The van der Waals surface area contributed by atoms with Gasteiger partial charge in [-0.15, -0.1) is 0 Å². The fraction of sp³-hybridized carbons (Fsp3) is 0.462. The standard InChI is InChI=1S/C26H30N4O3/c1-17-7-10-23(27-14-17)28-25(32)20-6-3-11-29(15-20)26(33)21-13-24(31)30(16-21)22-9-8-18-4-2-5-19(18)12-22/h7-10,12,14,20-21H,2-6,11,13,15-16H2,1H3,(H,27,28,32). The number of aryl methyl sites for hydroxylation is 3. The Morgan fingerprint density at radius 1 is 1.03 bits per heavy atom. The van der Waals surface area contributed by atoms with Crippen molar-refractivity contribution in [3.8, 4) is 0 Å². The third-order valence-corrected chi connectivity index (χ3v) is 7.13. The van der Waals surface area contributed by atoms with Gasteiger partial charge in [0.1, 0.15) is 5.82 Å². The highest BCUT2D eigenvalue weighted by Gasteiger charge is 2.39. The molecule has 1 N–H and O–H groups in total. The summed E-state index contributed by atoms with van der Waals surface area (Å²) in [6, 6.07) is 9.94. The second kappa shape index (κ2) is 8.96. The molecule has 0 radical (unpaired) electrons. The van der Waals surface area contributed by atoms with Gasteiger partial charge in [0.15, 0.2) is 0 Å². The second-order valence-corrected chi connectivity index (χ2v) is 9.55. The molecule has 1 aromatic carbocycles. The molecule has 7 nitrogen and oxygen atoms in total. The zero-order valence-corrected chi connectivity index (χ0v) is 19.0. The van der Waals surface area contributed by atoms with Crippen LogP contribution in [-0.2, 0) is 27.2 Å². The van der Waals surface area contributed by atoms with E-state index in [0.29, 0.717) is 25.5 Å². The van der Waals surface area contributed by atoms with Crippen LogP contribution in [0.1, 0.15) is 42.4 Å². The normalized spacial score (nSPS) is 22.4. The molecule has 3 heterocycles. The first-order valence-electron chi connectivity index (χ1n) is 11.9. The van der Waals surface area contributed by atoms with Crippen molar-refractivity contribution in [1.82, 2.24) is 9.88 Å². The van der Waals surface area contributed by atoms with Gasteiger partial charge in [0.2, 0.25) is 17.7 Å². The van der Waals surface area contributed by atoms with Gasteiger partial charge in [0.25, 0.3) is 0 Å². The summed E-state index contributed by atoms with van der Waals surface area (Å²) in [6.45, 7) is 3.38. The highest BCUT2D eigenvalue weighted by Crippen LogP contribution is 2.32. The van der Waals surface area contributed by atoms with Crippen molar-refractivity contribution in [3.63, 3.8) is 0 Å². The Balaban J connectivity index is 1.21. The van der Waals surface area contributed by atoms with Crippen molar-refractivity contribution in [2.24, 2.45) is 11.8 Å². The minimum absolute atomic E-state index is 0.00282. The molecule has 0 saturated carbocycles. The molecule has 5 rings (SSSR count). The molecule has 33 heavy (non-hydrogen) atoms. The number of pyridine rings is 1. The average molecular weight is 447 g/mol. The van der Waals surface area contributed by atoms with Gasteiger partial charge in [-0.3, -0.25) is 14.4 Å². The third kappa shape index (κ3) is 4.49. The van der Waals surface area contributed by atoms with Crippen molar-refractivity contribution >= 4 is 29.2 Å². The number of nitrogens with zero attached hydrogens (tertiary/aromatic N) is 3. The summed E-state index contributed by atoms with van der Waals surface area (Å²) in [7, 11) is 0. The maximum absolute atomic E-state index is 13.3. The summed E-state index contributed by atoms with van der Waals surface area (Å²) in [5.41, 5.74) is 4.62. The van der Waals surface area contributed by atoms with E-state index in [1.54, 1.807) is 22.1 Å². The molecule has 0 bridgehead atoms. The lowest BCUT2D eigenvalue weighted by atomic mass is 9.95. The summed E-state index contributed by atoms with van der Waals surface area (Å²) in [6.07, 6.45) is 6.80. The summed E-state index contributed by atoms with van der Waals surface area (Å²) < 4.78 is 0. The van der Waals surface area contributed by atoms with Gasteiger partial charge in [-0.2, -0.15) is 0 Å². The van der Waals surface area contributed by atoms with Gasteiger partial charge in [0.05, 0.1) is 11.8 Å². The number of rotatable bonds is 4. The number of fused-ring (bicyclic) bond motifs is 1. The molecule has 7 heteroatoms. The van der Waals surface area contributed by atoms with E-state index < -0.39 is 0 Å². The molecule has 2 saturated heterocycles. The van der Waals surface area contributed by atoms with E-state index in [-0.39, 0.29) is 36.0 Å². The van der Waals surface area contributed by atoms with E-state index in [4.69, 9.17) is 0 Å². The van der Waals surface area contributed by atoms with Gasteiger partial charge in [0, 0.05) is 37.9 Å². The summed E-state index contributed by atoms with van der Waals surface area (Å²) in [5, 5.41) is 2.87. The van der Waals surface area contributed by atoms with E-state index in [0.717, 1.165) is 43.4 Å². The fourth-order valence-electron chi connectivity index (χ4n) is 5.27. The lowest BCUT2D eigenvalue weighted by Gasteiger charge is -2.33.